The molecular formula is C22H26ClNO4. The quantitative estimate of drug-likeness (QED) is 0.449. The molecule has 0 spiro atoms. The summed E-state index contributed by atoms with van der Waals surface area (Å²) in [5.41, 5.74) is 1.95. The molecule has 5 nitrogen and oxygen atoms in total. The van der Waals surface area contributed by atoms with Crippen LogP contribution < -0.4 is 10.1 Å². The fourth-order valence-electron chi connectivity index (χ4n) is 2.52. The maximum Gasteiger partial charge on any atom is 0.347 e. The van der Waals surface area contributed by atoms with E-state index in [-0.39, 0.29) is 5.91 Å². The first-order chi connectivity index (χ1) is 13.4. The zero-order valence-electron chi connectivity index (χ0n) is 16.5. The molecule has 2 aromatic rings. The highest BCUT2D eigenvalue weighted by Gasteiger charge is 2.16. The molecule has 0 radical (unpaired) electrons. The summed E-state index contributed by atoms with van der Waals surface area (Å²) >= 11 is 6.08. The minimum atomic E-state index is -0.713. The van der Waals surface area contributed by atoms with Gasteiger partial charge in [-0.3, -0.25) is 4.79 Å². The van der Waals surface area contributed by atoms with E-state index in [2.05, 4.69) is 12.2 Å². The van der Waals surface area contributed by atoms with E-state index in [0.29, 0.717) is 28.6 Å². The molecule has 6 heteroatoms. The number of ether oxygens (including phenoxy) is 2. The molecule has 0 fully saturated rings. The second kappa shape index (κ2) is 10.7. The summed E-state index contributed by atoms with van der Waals surface area (Å²) < 4.78 is 10.8. The molecule has 0 aliphatic carbocycles. The number of hydrogen-bond donors (Lipinski definition) is 1. The second-order valence-corrected chi connectivity index (χ2v) is 6.93. The van der Waals surface area contributed by atoms with Crippen LogP contribution in [-0.2, 0) is 9.53 Å². The maximum atomic E-state index is 12.4. The van der Waals surface area contributed by atoms with Crippen LogP contribution in [-0.4, -0.2) is 24.6 Å². The lowest BCUT2D eigenvalue weighted by Crippen LogP contribution is -2.26. The molecule has 1 N–H and O–H groups in total. The molecule has 0 saturated carbocycles. The molecule has 150 valence electrons. The van der Waals surface area contributed by atoms with Gasteiger partial charge in [0.1, 0.15) is 5.75 Å². The number of benzene rings is 2. The average Bonchev–Trinajstić information content (AvgIpc) is 2.69. The Morgan fingerprint density at radius 1 is 1.11 bits per heavy atom. The summed E-state index contributed by atoms with van der Waals surface area (Å²) in [5, 5.41) is 3.44. The third-order valence-electron chi connectivity index (χ3n) is 4.27. The van der Waals surface area contributed by atoms with Crippen LogP contribution in [0.5, 0.6) is 5.75 Å². The van der Waals surface area contributed by atoms with Gasteiger partial charge in [-0.2, -0.15) is 0 Å². The first-order valence-corrected chi connectivity index (χ1v) is 9.80. The number of esters is 1. The van der Waals surface area contributed by atoms with Crippen LogP contribution in [0.15, 0.2) is 42.5 Å². The average molecular weight is 404 g/mol. The zero-order valence-corrected chi connectivity index (χ0v) is 17.2. The molecule has 28 heavy (non-hydrogen) atoms. The molecule has 0 saturated heterocycles. The Morgan fingerprint density at radius 3 is 2.50 bits per heavy atom. The molecule has 0 bridgehead atoms. The Bertz CT molecular complexity index is 805. The number of hydrogen-bond acceptors (Lipinski definition) is 4. The summed E-state index contributed by atoms with van der Waals surface area (Å²) in [4.78, 5) is 24.3. The number of carbonyl (C=O) groups is 2. The van der Waals surface area contributed by atoms with Crippen molar-refractivity contribution in [1.29, 1.82) is 0 Å². The topological polar surface area (TPSA) is 64.6 Å². The number of unbranched alkanes of at least 4 members (excludes halogenated alkanes) is 2. The zero-order chi connectivity index (χ0) is 20.5. The van der Waals surface area contributed by atoms with Gasteiger partial charge >= 0.3 is 5.97 Å². The molecule has 0 unspecified atom stereocenters. The molecule has 0 aliphatic heterocycles. The Hall–Kier alpha value is -2.53. The van der Waals surface area contributed by atoms with Crippen LogP contribution in [0.25, 0.3) is 0 Å². The normalized spacial score (nSPS) is 11.6. The summed E-state index contributed by atoms with van der Waals surface area (Å²) in [5.74, 6) is -0.150. The Morgan fingerprint density at radius 2 is 1.82 bits per heavy atom. The largest absolute Gasteiger partial charge is 0.479 e. The van der Waals surface area contributed by atoms with E-state index in [1.54, 1.807) is 49.4 Å². The smallest absolute Gasteiger partial charge is 0.347 e. The highest BCUT2D eigenvalue weighted by molar-refractivity contribution is 6.31. The monoisotopic (exact) mass is 403 g/mol. The van der Waals surface area contributed by atoms with Crippen LogP contribution in [0.2, 0.25) is 5.02 Å². The van der Waals surface area contributed by atoms with Gasteiger partial charge in [0.25, 0.3) is 5.91 Å². The molecular weight excluding hydrogens is 378 g/mol. The van der Waals surface area contributed by atoms with E-state index >= 15 is 0 Å². The van der Waals surface area contributed by atoms with Gasteiger partial charge < -0.3 is 14.8 Å². The van der Waals surface area contributed by atoms with Crippen LogP contribution in [0, 0.1) is 6.92 Å². The fourth-order valence-corrected chi connectivity index (χ4v) is 2.69. The summed E-state index contributed by atoms with van der Waals surface area (Å²) in [6, 6.07) is 11.9. The van der Waals surface area contributed by atoms with E-state index in [4.69, 9.17) is 21.1 Å². The number of carbonyl (C=O) groups excluding carboxylic acids is 2. The lowest BCUT2D eigenvalue weighted by molar-refractivity contribution is -0.151. The molecule has 0 aromatic heterocycles. The van der Waals surface area contributed by atoms with Gasteiger partial charge in [0.05, 0.1) is 6.61 Å². The Balaban J connectivity index is 1.91. The van der Waals surface area contributed by atoms with E-state index in [1.807, 2.05) is 6.92 Å². The highest BCUT2D eigenvalue weighted by Crippen LogP contribution is 2.24. The van der Waals surface area contributed by atoms with Gasteiger partial charge in [-0.15, -0.1) is 0 Å². The van der Waals surface area contributed by atoms with Crippen molar-refractivity contribution in [1.82, 2.24) is 0 Å². The number of anilines is 1. The van der Waals surface area contributed by atoms with Crippen molar-refractivity contribution in [3.63, 3.8) is 0 Å². The molecule has 2 rings (SSSR count). The van der Waals surface area contributed by atoms with Crippen molar-refractivity contribution in [3.05, 3.63) is 58.6 Å². The number of amides is 1. The van der Waals surface area contributed by atoms with Gasteiger partial charge in [-0.05, 0) is 62.2 Å². The van der Waals surface area contributed by atoms with E-state index in [9.17, 15) is 9.59 Å². The molecule has 0 heterocycles. The first kappa shape index (κ1) is 21.8. The highest BCUT2D eigenvalue weighted by atomic mass is 35.5. The standard InChI is InChI=1S/C22H26ClNO4/c1-4-5-6-14-27-22(26)16(3)28-18-12-10-17(11-13-18)21(25)24-20-9-7-8-19(23)15(20)2/h7-13,16H,4-6,14H2,1-3H3,(H,24,25)/t16-/m1/s1. The predicted molar refractivity (Wildman–Crippen MR) is 111 cm³/mol. The van der Waals surface area contributed by atoms with E-state index < -0.39 is 12.1 Å². The van der Waals surface area contributed by atoms with E-state index in [1.165, 1.54) is 0 Å². The van der Waals surface area contributed by atoms with Crippen molar-refractivity contribution in [2.45, 2.75) is 46.1 Å². The minimum Gasteiger partial charge on any atom is -0.479 e. The van der Waals surface area contributed by atoms with Gasteiger partial charge in [-0.1, -0.05) is 37.4 Å². The molecule has 2 aromatic carbocycles. The number of nitrogens with one attached hydrogen (secondary N) is 1. The maximum absolute atomic E-state index is 12.4. The molecule has 1 amide bonds. The first-order valence-electron chi connectivity index (χ1n) is 9.42. The van der Waals surface area contributed by atoms with E-state index in [0.717, 1.165) is 24.8 Å². The van der Waals surface area contributed by atoms with Crippen molar-refractivity contribution in [2.75, 3.05) is 11.9 Å². The van der Waals surface area contributed by atoms with Crippen molar-refractivity contribution < 1.29 is 19.1 Å². The Kier molecular flexibility index (Phi) is 8.33. The second-order valence-electron chi connectivity index (χ2n) is 6.53. The lowest BCUT2D eigenvalue weighted by atomic mass is 10.1. The van der Waals surface area contributed by atoms with Crippen LogP contribution >= 0.6 is 11.6 Å². The minimum absolute atomic E-state index is 0.250. The lowest BCUT2D eigenvalue weighted by Gasteiger charge is -2.14. The van der Waals surface area contributed by atoms with Crippen LogP contribution in [0.4, 0.5) is 5.69 Å². The Labute approximate surface area is 171 Å². The number of rotatable bonds is 9. The summed E-state index contributed by atoms with van der Waals surface area (Å²) in [6.07, 6.45) is 2.24. The SMILES string of the molecule is CCCCCOC(=O)[C@@H](C)Oc1ccc(C(=O)Nc2cccc(Cl)c2C)cc1. The van der Waals surface area contributed by atoms with Crippen LogP contribution in [0.3, 0.4) is 0 Å². The van der Waals surface area contributed by atoms with Gasteiger partial charge in [0.15, 0.2) is 6.10 Å². The third kappa shape index (κ3) is 6.27. The van der Waals surface area contributed by atoms with Gasteiger partial charge in [0.2, 0.25) is 0 Å². The van der Waals surface area contributed by atoms with Crippen molar-refractivity contribution in [2.24, 2.45) is 0 Å². The molecule has 0 aliphatic rings. The summed E-state index contributed by atoms with van der Waals surface area (Å²) in [6.45, 7) is 5.98. The fraction of sp³-hybridized carbons (Fsp3) is 0.364. The molecule has 1 atom stereocenters. The van der Waals surface area contributed by atoms with Crippen molar-refractivity contribution in [3.8, 4) is 5.75 Å². The summed E-state index contributed by atoms with van der Waals surface area (Å²) in [7, 11) is 0. The van der Waals surface area contributed by atoms with Crippen molar-refractivity contribution >= 4 is 29.2 Å². The van der Waals surface area contributed by atoms with Gasteiger partial charge in [0, 0.05) is 16.3 Å². The number of halogens is 1. The van der Waals surface area contributed by atoms with Crippen LogP contribution in [0.1, 0.15) is 49.0 Å². The third-order valence-corrected chi connectivity index (χ3v) is 4.68. The predicted octanol–water partition coefficient (Wildman–Crippen LogP) is 5.40. The van der Waals surface area contributed by atoms with Gasteiger partial charge in [-0.25, -0.2) is 4.79 Å².